The zero-order chi connectivity index (χ0) is 15.6. The Kier molecular flexibility index (Phi) is 4.40. The summed E-state index contributed by atoms with van der Waals surface area (Å²) in [6, 6.07) is 7.36. The molecule has 2 aromatic carbocycles. The van der Waals surface area contributed by atoms with Gasteiger partial charge in [-0.1, -0.05) is 11.6 Å². The second kappa shape index (κ2) is 6.07. The summed E-state index contributed by atoms with van der Waals surface area (Å²) in [5, 5.41) is 20.6. The summed E-state index contributed by atoms with van der Waals surface area (Å²) in [5.41, 5.74) is 0.0349. The highest BCUT2D eigenvalue weighted by Gasteiger charge is 2.15. The molecule has 0 heterocycles. The van der Waals surface area contributed by atoms with Crippen LogP contribution in [0.25, 0.3) is 0 Å². The van der Waals surface area contributed by atoms with Gasteiger partial charge in [-0.15, -0.1) is 0 Å². The van der Waals surface area contributed by atoms with Gasteiger partial charge < -0.3 is 9.84 Å². The molecule has 2 rings (SSSR count). The molecule has 0 fully saturated rings. The molecular weight excluding hydrogens is 301 g/mol. The Bertz CT molecular complexity index is 691. The van der Waals surface area contributed by atoms with Crippen LogP contribution in [-0.4, -0.2) is 10.0 Å². The Labute approximate surface area is 124 Å². The molecule has 0 aliphatic carbocycles. The van der Waals surface area contributed by atoms with Gasteiger partial charge in [0.1, 0.15) is 11.6 Å². The SMILES string of the molecule is CC(O)c1cc(F)ccc1Oc1cc([N+](=O)[O-])ccc1Cl. The number of nitrogens with zero attached hydrogens (tertiary/aromatic N) is 1. The summed E-state index contributed by atoms with van der Waals surface area (Å²) < 4.78 is 18.7. The summed E-state index contributed by atoms with van der Waals surface area (Å²) in [6.45, 7) is 1.46. The second-order valence-corrected chi connectivity index (χ2v) is 4.74. The minimum absolute atomic E-state index is 0.0550. The average Bonchev–Trinajstić information content (AvgIpc) is 2.42. The topological polar surface area (TPSA) is 72.6 Å². The Balaban J connectivity index is 2.43. The normalized spacial score (nSPS) is 12.0. The molecule has 2 aromatic rings. The van der Waals surface area contributed by atoms with Crippen LogP contribution in [-0.2, 0) is 0 Å². The van der Waals surface area contributed by atoms with E-state index in [-0.39, 0.29) is 27.8 Å². The maximum atomic E-state index is 13.2. The second-order valence-electron chi connectivity index (χ2n) is 4.33. The number of non-ortho nitro benzene ring substituents is 1. The van der Waals surface area contributed by atoms with E-state index in [4.69, 9.17) is 16.3 Å². The van der Waals surface area contributed by atoms with Crippen molar-refractivity contribution in [1.82, 2.24) is 0 Å². The van der Waals surface area contributed by atoms with E-state index in [1.54, 1.807) is 0 Å². The fourth-order valence-corrected chi connectivity index (χ4v) is 1.90. The molecule has 0 amide bonds. The van der Waals surface area contributed by atoms with Gasteiger partial charge in [0.15, 0.2) is 5.75 Å². The third kappa shape index (κ3) is 3.48. The summed E-state index contributed by atoms with van der Waals surface area (Å²) >= 11 is 5.93. The fourth-order valence-electron chi connectivity index (χ4n) is 1.74. The minimum Gasteiger partial charge on any atom is -0.455 e. The number of hydrogen-bond donors (Lipinski definition) is 1. The van der Waals surface area contributed by atoms with Gasteiger partial charge in [-0.3, -0.25) is 10.1 Å². The van der Waals surface area contributed by atoms with Crippen LogP contribution < -0.4 is 4.74 Å². The van der Waals surface area contributed by atoms with Crippen LogP contribution in [0.5, 0.6) is 11.5 Å². The molecular formula is C14H11ClFNO4. The number of rotatable bonds is 4. The largest absolute Gasteiger partial charge is 0.455 e. The van der Waals surface area contributed by atoms with Gasteiger partial charge in [0.05, 0.1) is 22.1 Å². The highest BCUT2D eigenvalue weighted by molar-refractivity contribution is 6.32. The lowest BCUT2D eigenvalue weighted by molar-refractivity contribution is -0.384. The van der Waals surface area contributed by atoms with Crippen molar-refractivity contribution in [2.75, 3.05) is 0 Å². The zero-order valence-electron chi connectivity index (χ0n) is 10.9. The number of aliphatic hydroxyl groups is 1. The quantitative estimate of drug-likeness (QED) is 0.677. The lowest BCUT2D eigenvalue weighted by Gasteiger charge is -2.14. The first-order valence-corrected chi connectivity index (χ1v) is 6.35. The van der Waals surface area contributed by atoms with Crippen LogP contribution in [0, 0.1) is 15.9 Å². The van der Waals surface area contributed by atoms with Crippen molar-refractivity contribution in [2.45, 2.75) is 13.0 Å². The van der Waals surface area contributed by atoms with Gasteiger partial charge in [-0.2, -0.15) is 0 Å². The third-order valence-corrected chi connectivity index (χ3v) is 3.08. The van der Waals surface area contributed by atoms with Crippen molar-refractivity contribution in [3.8, 4) is 11.5 Å². The van der Waals surface area contributed by atoms with Gasteiger partial charge >= 0.3 is 0 Å². The first-order chi connectivity index (χ1) is 9.88. The van der Waals surface area contributed by atoms with Crippen molar-refractivity contribution < 1.29 is 19.2 Å². The smallest absolute Gasteiger partial charge is 0.273 e. The van der Waals surface area contributed by atoms with Crippen LogP contribution >= 0.6 is 11.6 Å². The van der Waals surface area contributed by atoms with Crippen LogP contribution in [0.2, 0.25) is 5.02 Å². The molecule has 1 N–H and O–H groups in total. The van der Waals surface area contributed by atoms with Crippen LogP contribution in [0.1, 0.15) is 18.6 Å². The molecule has 0 radical (unpaired) electrons. The number of hydrogen-bond acceptors (Lipinski definition) is 4. The van der Waals surface area contributed by atoms with Crippen LogP contribution in [0.15, 0.2) is 36.4 Å². The van der Waals surface area contributed by atoms with Gasteiger partial charge in [0.25, 0.3) is 5.69 Å². The molecule has 0 aliphatic rings. The van der Waals surface area contributed by atoms with E-state index in [0.717, 1.165) is 18.2 Å². The summed E-state index contributed by atoms with van der Waals surface area (Å²) in [4.78, 5) is 10.2. The Morgan fingerprint density at radius 3 is 2.62 bits per heavy atom. The van der Waals surface area contributed by atoms with Gasteiger partial charge in [-0.25, -0.2) is 4.39 Å². The maximum absolute atomic E-state index is 13.2. The molecule has 0 spiro atoms. The summed E-state index contributed by atoms with van der Waals surface area (Å²) in [7, 11) is 0. The third-order valence-electron chi connectivity index (χ3n) is 2.77. The monoisotopic (exact) mass is 311 g/mol. The van der Waals surface area contributed by atoms with Gasteiger partial charge in [-0.05, 0) is 31.2 Å². The van der Waals surface area contributed by atoms with E-state index in [9.17, 15) is 19.6 Å². The number of nitro benzene ring substituents is 1. The number of nitro groups is 1. The highest BCUT2D eigenvalue weighted by atomic mass is 35.5. The Morgan fingerprint density at radius 2 is 2.00 bits per heavy atom. The molecule has 0 aliphatic heterocycles. The van der Waals surface area contributed by atoms with Crippen molar-refractivity contribution in [3.05, 3.63) is 62.9 Å². The first-order valence-electron chi connectivity index (χ1n) is 5.98. The highest BCUT2D eigenvalue weighted by Crippen LogP contribution is 2.36. The molecule has 0 bridgehead atoms. The van der Waals surface area contributed by atoms with Crippen molar-refractivity contribution in [3.63, 3.8) is 0 Å². The summed E-state index contributed by atoms with van der Waals surface area (Å²) in [6.07, 6.45) is -0.965. The zero-order valence-corrected chi connectivity index (χ0v) is 11.7. The van der Waals surface area contributed by atoms with E-state index >= 15 is 0 Å². The number of ether oxygens (including phenoxy) is 1. The Morgan fingerprint density at radius 1 is 1.29 bits per heavy atom. The number of benzene rings is 2. The molecule has 1 atom stereocenters. The molecule has 0 saturated carbocycles. The fraction of sp³-hybridized carbons (Fsp3) is 0.143. The van der Waals surface area contributed by atoms with E-state index in [1.807, 2.05) is 0 Å². The van der Waals surface area contributed by atoms with Gasteiger partial charge in [0, 0.05) is 11.6 Å². The number of aliphatic hydroxyl groups excluding tert-OH is 1. The lowest BCUT2D eigenvalue weighted by Crippen LogP contribution is -1.98. The predicted molar refractivity (Wildman–Crippen MR) is 75.2 cm³/mol. The lowest BCUT2D eigenvalue weighted by atomic mass is 10.1. The standard InChI is InChI=1S/C14H11ClFNO4/c1-8(18)11-6-9(16)2-5-13(11)21-14-7-10(17(19)20)3-4-12(14)15/h2-8,18H,1H3. The molecule has 110 valence electrons. The molecule has 0 saturated heterocycles. The predicted octanol–water partition coefficient (Wildman–Crippen LogP) is 4.23. The van der Waals surface area contributed by atoms with Crippen molar-refractivity contribution in [2.24, 2.45) is 0 Å². The van der Waals surface area contributed by atoms with E-state index in [1.165, 1.54) is 25.1 Å². The van der Waals surface area contributed by atoms with E-state index < -0.39 is 16.8 Å². The maximum Gasteiger partial charge on any atom is 0.273 e. The van der Waals surface area contributed by atoms with Crippen LogP contribution in [0.3, 0.4) is 0 Å². The van der Waals surface area contributed by atoms with Gasteiger partial charge in [0.2, 0.25) is 0 Å². The Hall–Kier alpha value is -2.18. The average molecular weight is 312 g/mol. The summed E-state index contributed by atoms with van der Waals surface area (Å²) in [5.74, 6) is -0.295. The van der Waals surface area contributed by atoms with Crippen LogP contribution in [0.4, 0.5) is 10.1 Å². The first kappa shape index (κ1) is 15.2. The molecule has 21 heavy (non-hydrogen) atoms. The molecule has 0 aromatic heterocycles. The minimum atomic E-state index is -0.965. The van der Waals surface area contributed by atoms with Crippen molar-refractivity contribution in [1.29, 1.82) is 0 Å². The molecule has 7 heteroatoms. The molecule has 5 nitrogen and oxygen atoms in total. The van der Waals surface area contributed by atoms with E-state index in [2.05, 4.69) is 0 Å². The van der Waals surface area contributed by atoms with E-state index in [0.29, 0.717) is 0 Å². The number of halogens is 2. The molecule has 1 unspecified atom stereocenters. The van der Waals surface area contributed by atoms with Crippen molar-refractivity contribution >= 4 is 17.3 Å².